The maximum absolute atomic E-state index is 3.83. The third-order valence-electron chi connectivity index (χ3n) is 3.79. The number of nitrogens with one attached hydrogen (secondary N) is 1. The van der Waals surface area contributed by atoms with Crippen molar-refractivity contribution in [3.05, 3.63) is 0 Å². The van der Waals surface area contributed by atoms with Gasteiger partial charge in [0.2, 0.25) is 0 Å². The van der Waals surface area contributed by atoms with Crippen molar-refractivity contribution in [2.75, 3.05) is 11.5 Å². The molecule has 0 aromatic rings. The van der Waals surface area contributed by atoms with E-state index >= 15 is 0 Å². The van der Waals surface area contributed by atoms with Gasteiger partial charge in [-0.25, -0.2) is 0 Å². The summed E-state index contributed by atoms with van der Waals surface area (Å²) in [5, 5.41) is 3.83. The average molecular weight is 213 g/mol. The van der Waals surface area contributed by atoms with Gasteiger partial charge in [0, 0.05) is 17.8 Å². The quantitative estimate of drug-likeness (QED) is 0.773. The molecule has 0 unspecified atom stereocenters. The van der Waals surface area contributed by atoms with E-state index in [1.54, 1.807) is 0 Å². The molecule has 1 aliphatic heterocycles. The maximum Gasteiger partial charge on any atom is 0.0168 e. The molecule has 1 saturated heterocycles. The molecule has 0 radical (unpaired) electrons. The zero-order chi connectivity index (χ0) is 9.80. The molecule has 1 aliphatic carbocycles. The van der Waals surface area contributed by atoms with Crippen LogP contribution in [0, 0.1) is 5.92 Å². The Hall–Kier alpha value is 0.310. The maximum atomic E-state index is 3.83. The highest BCUT2D eigenvalue weighted by molar-refractivity contribution is 7.99. The van der Waals surface area contributed by atoms with Gasteiger partial charge in [-0.15, -0.1) is 0 Å². The first-order valence-corrected chi connectivity index (χ1v) is 7.35. The Balaban J connectivity index is 1.72. The second kappa shape index (κ2) is 5.41. The monoisotopic (exact) mass is 213 g/mol. The number of hydrogen-bond acceptors (Lipinski definition) is 2. The molecule has 2 rings (SSSR count). The number of thioether (sulfide) groups is 1. The van der Waals surface area contributed by atoms with Gasteiger partial charge in [0.15, 0.2) is 0 Å². The fourth-order valence-electron chi connectivity index (χ4n) is 2.81. The SMILES string of the molecule is C[C@H](N[C@H]1CCSC1)C1CCCCC1. The Morgan fingerprint density at radius 2 is 1.93 bits per heavy atom. The lowest BCUT2D eigenvalue weighted by atomic mass is 9.84. The molecule has 2 heteroatoms. The van der Waals surface area contributed by atoms with Crippen molar-refractivity contribution in [3.8, 4) is 0 Å². The molecule has 1 nitrogen and oxygen atoms in total. The first-order valence-electron chi connectivity index (χ1n) is 6.20. The normalized spacial score (nSPS) is 31.9. The van der Waals surface area contributed by atoms with Crippen LogP contribution in [0.15, 0.2) is 0 Å². The summed E-state index contributed by atoms with van der Waals surface area (Å²) < 4.78 is 0. The molecule has 2 atom stereocenters. The summed E-state index contributed by atoms with van der Waals surface area (Å²) in [6.07, 6.45) is 8.73. The highest BCUT2D eigenvalue weighted by atomic mass is 32.2. The van der Waals surface area contributed by atoms with Crippen LogP contribution in [0.5, 0.6) is 0 Å². The standard InChI is InChI=1S/C12H23NS/c1-10(11-5-3-2-4-6-11)13-12-7-8-14-9-12/h10-13H,2-9H2,1H3/t10-,12-/m0/s1. The van der Waals surface area contributed by atoms with Crippen LogP contribution in [0.3, 0.4) is 0 Å². The first kappa shape index (κ1) is 10.8. The van der Waals surface area contributed by atoms with Crippen LogP contribution in [-0.2, 0) is 0 Å². The zero-order valence-electron chi connectivity index (χ0n) is 9.30. The van der Waals surface area contributed by atoms with E-state index in [4.69, 9.17) is 0 Å². The topological polar surface area (TPSA) is 12.0 Å². The van der Waals surface area contributed by atoms with Gasteiger partial charge in [0.05, 0.1) is 0 Å². The van der Waals surface area contributed by atoms with Crippen molar-refractivity contribution in [1.29, 1.82) is 0 Å². The van der Waals surface area contributed by atoms with Crippen LogP contribution >= 0.6 is 11.8 Å². The summed E-state index contributed by atoms with van der Waals surface area (Å²) in [6.45, 7) is 2.40. The van der Waals surface area contributed by atoms with E-state index in [2.05, 4.69) is 24.0 Å². The van der Waals surface area contributed by atoms with Gasteiger partial charge >= 0.3 is 0 Å². The molecule has 0 bridgehead atoms. The van der Waals surface area contributed by atoms with Crippen molar-refractivity contribution >= 4 is 11.8 Å². The first-order chi connectivity index (χ1) is 6.86. The summed E-state index contributed by atoms with van der Waals surface area (Å²) in [7, 11) is 0. The van der Waals surface area contributed by atoms with Crippen molar-refractivity contribution < 1.29 is 0 Å². The van der Waals surface area contributed by atoms with Gasteiger partial charge in [-0.1, -0.05) is 19.3 Å². The Kier molecular flexibility index (Phi) is 4.18. The largest absolute Gasteiger partial charge is 0.310 e. The Morgan fingerprint density at radius 1 is 1.14 bits per heavy atom. The highest BCUT2D eigenvalue weighted by Crippen LogP contribution is 2.27. The lowest BCUT2D eigenvalue weighted by molar-refractivity contribution is 0.268. The fourth-order valence-corrected chi connectivity index (χ4v) is 3.97. The molecular formula is C12H23NS. The van der Waals surface area contributed by atoms with Gasteiger partial charge in [-0.2, -0.15) is 11.8 Å². The number of hydrogen-bond donors (Lipinski definition) is 1. The van der Waals surface area contributed by atoms with Crippen LogP contribution in [0.2, 0.25) is 0 Å². The molecule has 1 saturated carbocycles. The van der Waals surface area contributed by atoms with E-state index in [-0.39, 0.29) is 0 Å². The molecule has 1 N–H and O–H groups in total. The van der Waals surface area contributed by atoms with E-state index in [0.29, 0.717) is 0 Å². The molecule has 2 fully saturated rings. The molecule has 0 aromatic carbocycles. The van der Waals surface area contributed by atoms with E-state index in [1.165, 1.54) is 50.0 Å². The van der Waals surface area contributed by atoms with Crippen LogP contribution in [-0.4, -0.2) is 23.6 Å². The molecule has 0 amide bonds. The number of rotatable bonds is 3. The summed E-state index contributed by atoms with van der Waals surface area (Å²) in [6, 6.07) is 1.58. The minimum absolute atomic E-state index is 0.763. The summed E-state index contributed by atoms with van der Waals surface area (Å²) in [4.78, 5) is 0. The zero-order valence-corrected chi connectivity index (χ0v) is 10.1. The predicted octanol–water partition coefficient (Wildman–Crippen LogP) is 3.05. The Labute approximate surface area is 92.4 Å². The lowest BCUT2D eigenvalue weighted by Crippen LogP contribution is -2.41. The van der Waals surface area contributed by atoms with Crippen LogP contribution in [0.1, 0.15) is 45.4 Å². The second-order valence-electron chi connectivity index (χ2n) is 4.91. The average Bonchev–Trinajstić information content (AvgIpc) is 2.72. The van der Waals surface area contributed by atoms with Crippen molar-refractivity contribution in [1.82, 2.24) is 5.32 Å². The van der Waals surface area contributed by atoms with Crippen LogP contribution in [0.4, 0.5) is 0 Å². The van der Waals surface area contributed by atoms with E-state index in [0.717, 1.165) is 18.0 Å². The minimum Gasteiger partial charge on any atom is -0.310 e. The lowest BCUT2D eigenvalue weighted by Gasteiger charge is -2.30. The van der Waals surface area contributed by atoms with Gasteiger partial charge in [-0.3, -0.25) is 0 Å². The van der Waals surface area contributed by atoms with Crippen molar-refractivity contribution in [2.24, 2.45) is 5.92 Å². The summed E-state index contributed by atoms with van der Waals surface area (Å²) in [5.74, 6) is 3.68. The molecule has 0 spiro atoms. The smallest absolute Gasteiger partial charge is 0.0168 e. The van der Waals surface area contributed by atoms with Crippen LogP contribution in [0.25, 0.3) is 0 Å². The Morgan fingerprint density at radius 3 is 2.57 bits per heavy atom. The van der Waals surface area contributed by atoms with E-state index < -0.39 is 0 Å². The molecular weight excluding hydrogens is 190 g/mol. The summed E-state index contributed by atoms with van der Waals surface area (Å²) in [5.41, 5.74) is 0. The van der Waals surface area contributed by atoms with Crippen molar-refractivity contribution in [3.63, 3.8) is 0 Å². The molecule has 1 heterocycles. The third kappa shape index (κ3) is 2.90. The van der Waals surface area contributed by atoms with Gasteiger partial charge in [-0.05, 0) is 37.9 Å². The highest BCUT2D eigenvalue weighted by Gasteiger charge is 2.23. The fraction of sp³-hybridized carbons (Fsp3) is 1.00. The van der Waals surface area contributed by atoms with Gasteiger partial charge < -0.3 is 5.32 Å². The van der Waals surface area contributed by atoms with Gasteiger partial charge in [0.1, 0.15) is 0 Å². The molecule has 0 aromatic heterocycles. The molecule has 14 heavy (non-hydrogen) atoms. The van der Waals surface area contributed by atoms with Crippen molar-refractivity contribution in [2.45, 2.75) is 57.5 Å². The van der Waals surface area contributed by atoms with Crippen LogP contribution < -0.4 is 5.32 Å². The summed E-state index contributed by atoms with van der Waals surface area (Å²) >= 11 is 2.11. The molecule has 2 aliphatic rings. The third-order valence-corrected chi connectivity index (χ3v) is 4.95. The predicted molar refractivity (Wildman–Crippen MR) is 64.9 cm³/mol. The van der Waals surface area contributed by atoms with E-state index in [9.17, 15) is 0 Å². The Bertz CT molecular complexity index is 160. The minimum atomic E-state index is 0.763. The van der Waals surface area contributed by atoms with Gasteiger partial charge in [0.25, 0.3) is 0 Å². The van der Waals surface area contributed by atoms with E-state index in [1.807, 2.05) is 0 Å². The molecule has 82 valence electrons. The second-order valence-corrected chi connectivity index (χ2v) is 6.06.